The molecule has 0 spiro atoms. The topological polar surface area (TPSA) is 89.8 Å². The molecule has 0 aliphatic carbocycles. The number of fused-ring (bicyclic) bond motifs is 1. The summed E-state index contributed by atoms with van der Waals surface area (Å²) in [5.41, 5.74) is 0.822. The van der Waals surface area contributed by atoms with Crippen molar-refractivity contribution in [3.8, 4) is 11.5 Å². The van der Waals surface area contributed by atoms with Gasteiger partial charge < -0.3 is 24.5 Å². The van der Waals surface area contributed by atoms with Gasteiger partial charge in [0.25, 0.3) is 5.91 Å². The van der Waals surface area contributed by atoms with Crippen molar-refractivity contribution in [1.29, 1.82) is 0 Å². The molecule has 21 heavy (non-hydrogen) atoms. The van der Waals surface area contributed by atoms with Crippen molar-refractivity contribution in [3.05, 3.63) is 42.2 Å². The van der Waals surface area contributed by atoms with Crippen LogP contribution in [-0.2, 0) is 11.3 Å². The third-order valence-corrected chi connectivity index (χ3v) is 3.00. The lowest BCUT2D eigenvalue weighted by Crippen LogP contribution is -2.19. The predicted molar refractivity (Wildman–Crippen MR) is 72.6 cm³/mol. The fourth-order valence-electron chi connectivity index (χ4n) is 2.07. The summed E-state index contributed by atoms with van der Waals surface area (Å²) < 4.78 is 11.8. The first-order chi connectivity index (χ1) is 10.1. The Labute approximate surface area is 119 Å². The van der Waals surface area contributed by atoms with Gasteiger partial charge in [-0.3, -0.25) is 9.59 Å². The van der Waals surface area contributed by atoms with Gasteiger partial charge in [-0.25, -0.2) is 0 Å². The number of anilines is 1. The number of hydrogen-bond acceptors (Lipinski definition) is 4. The average molecular weight is 288 g/mol. The molecule has 0 unspecified atom stereocenters. The highest BCUT2D eigenvalue weighted by molar-refractivity contribution is 6.03. The zero-order chi connectivity index (χ0) is 14.8. The number of carbonyl (C=O) groups excluding carboxylic acids is 1. The van der Waals surface area contributed by atoms with Gasteiger partial charge in [-0.1, -0.05) is 0 Å². The van der Waals surface area contributed by atoms with E-state index in [1.807, 2.05) is 0 Å². The molecule has 0 fully saturated rings. The first-order valence-electron chi connectivity index (χ1n) is 6.21. The third-order valence-electron chi connectivity index (χ3n) is 3.00. The van der Waals surface area contributed by atoms with Crippen molar-refractivity contribution in [1.82, 2.24) is 4.57 Å². The number of ether oxygens (including phenoxy) is 2. The van der Waals surface area contributed by atoms with Crippen LogP contribution in [0.15, 0.2) is 36.5 Å². The van der Waals surface area contributed by atoms with Crippen LogP contribution in [0.1, 0.15) is 10.5 Å². The summed E-state index contributed by atoms with van der Waals surface area (Å²) in [5.74, 6) is -0.209. The van der Waals surface area contributed by atoms with E-state index >= 15 is 0 Å². The highest BCUT2D eigenvalue weighted by Gasteiger charge is 2.16. The summed E-state index contributed by atoms with van der Waals surface area (Å²) >= 11 is 0. The largest absolute Gasteiger partial charge is 0.480 e. The minimum Gasteiger partial charge on any atom is -0.480 e. The van der Waals surface area contributed by atoms with E-state index in [0.717, 1.165) is 0 Å². The highest BCUT2D eigenvalue weighted by atomic mass is 16.7. The van der Waals surface area contributed by atoms with Gasteiger partial charge in [-0.2, -0.15) is 0 Å². The Hall–Kier alpha value is -2.96. The van der Waals surface area contributed by atoms with Gasteiger partial charge in [0, 0.05) is 18.0 Å². The molecule has 2 aromatic rings. The number of nitrogens with one attached hydrogen (secondary N) is 1. The fraction of sp³-hybridized carbons (Fsp3) is 0.143. The molecule has 1 aliphatic rings. The van der Waals surface area contributed by atoms with Crippen molar-refractivity contribution in [2.75, 3.05) is 12.1 Å². The lowest BCUT2D eigenvalue weighted by molar-refractivity contribution is -0.137. The van der Waals surface area contributed by atoms with Crippen LogP contribution in [0, 0.1) is 0 Å². The first-order valence-corrected chi connectivity index (χ1v) is 6.21. The van der Waals surface area contributed by atoms with Crippen molar-refractivity contribution < 1.29 is 24.2 Å². The number of benzene rings is 1. The van der Waals surface area contributed by atoms with Crippen LogP contribution in [0.4, 0.5) is 5.69 Å². The Balaban J connectivity index is 1.77. The van der Waals surface area contributed by atoms with Crippen molar-refractivity contribution in [2.24, 2.45) is 0 Å². The summed E-state index contributed by atoms with van der Waals surface area (Å²) in [7, 11) is 0. The number of carboxylic acids is 1. The normalized spacial score (nSPS) is 12.2. The molecule has 1 aliphatic heterocycles. The van der Waals surface area contributed by atoms with E-state index in [9.17, 15) is 9.59 Å². The molecule has 2 N–H and O–H groups in total. The monoisotopic (exact) mass is 288 g/mol. The lowest BCUT2D eigenvalue weighted by atomic mass is 10.2. The Morgan fingerprint density at radius 1 is 1.24 bits per heavy atom. The van der Waals surface area contributed by atoms with E-state index in [4.69, 9.17) is 14.6 Å². The van der Waals surface area contributed by atoms with Gasteiger partial charge in [0.05, 0.1) is 0 Å². The standard InChI is InChI=1S/C14H12N2O5/c17-13(18)7-16-5-1-2-10(16)14(19)15-9-3-4-11-12(6-9)21-8-20-11/h1-6H,7-8H2,(H,15,19)(H,17,18). The molecular weight excluding hydrogens is 276 g/mol. The Morgan fingerprint density at radius 3 is 2.86 bits per heavy atom. The molecule has 7 nitrogen and oxygen atoms in total. The van der Waals surface area contributed by atoms with E-state index in [1.54, 1.807) is 36.5 Å². The van der Waals surface area contributed by atoms with Crippen molar-refractivity contribution in [2.45, 2.75) is 6.54 Å². The highest BCUT2D eigenvalue weighted by Crippen LogP contribution is 2.34. The van der Waals surface area contributed by atoms with E-state index < -0.39 is 5.97 Å². The molecule has 108 valence electrons. The number of aromatic nitrogens is 1. The van der Waals surface area contributed by atoms with Crippen LogP contribution in [0.25, 0.3) is 0 Å². The summed E-state index contributed by atoms with van der Waals surface area (Å²) in [6, 6.07) is 8.23. The van der Waals surface area contributed by atoms with Gasteiger partial charge >= 0.3 is 5.97 Å². The second-order valence-electron chi connectivity index (χ2n) is 4.44. The second-order valence-corrected chi connectivity index (χ2v) is 4.44. The smallest absolute Gasteiger partial charge is 0.323 e. The van der Waals surface area contributed by atoms with Crippen LogP contribution in [-0.4, -0.2) is 28.3 Å². The van der Waals surface area contributed by atoms with E-state index in [1.165, 1.54) is 4.57 Å². The van der Waals surface area contributed by atoms with E-state index in [0.29, 0.717) is 17.2 Å². The summed E-state index contributed by atoms with van der Waals surface area (Å²) in [5, 5.41) is 11.5. The molecule has 1 amide bonds. The quantitative estimate of drug-likeness (QED) is 0.891. The summed E-state index contributed by atoms with van der Waals surface area (Å²) in [4.78, 5) is 22.9. The Kier molecular flexibility index (Phi) is 3.23. The van der Waals surface area contributed by atoms with E-state index in [2.05, 4.69) is 5.32 Å². The number of aliphatic carboxylic acids is 1. The maximum atomic E-state index is 12.2. The van der Waals surface area contributed by atoms with Crippen molar-refractivity contribution in [3.63, 3.8) is 0 Å². The zero-order valence-corrected chi connectivity index (χ0v) is 10.9. The number of carboxylic acid groups (broad SMARTS) is 1. The lowest BCUT2D eigenvalue weighted by Gasteiger charge is -2.08. The minimum atomic E-state index is -1.01. The van der Waals surface area contributed by atoms with Gasteiger partial charge in [0.2, 0.25) is 6.79 Å². The number of amides is 1. The molecule has 0 saturated heterocycles. The summed E-state index contributed by atoms with van der Waals surface area (Å²) in [6.45, 7) is -0.106. The van der Waals surface area contributed by atoms with Crippen LogP contribution in [0.3, 0.4) is 0 Å². The average Bonchev–Trinajstić information content (AvgIpc) is 3.06. The van der Waals surface area contributed by atoms with Gasteiger partial charge in [-0.15, -0.1) is 0 Å². The Morgan fingerprint density at radius 2 is 2.05 bits per heavy atom. The van der Waals surface area contributed by atoms with Crippen LogP contribution in [0.2, 0.25) is 0 Å². The molecule has 7 heteroatoms. The van der Waals surface area contributed by atoms with Crippen molar-refractivity contribution >= 4 is 17.6 Å². The number of nitrogens with zero attached hydrogens (tertiary/aromatic N) is 1. The molecule has 1 aromatic carbocycles. The van der Waals surface area contributed by atoms with Crippen LogP contribution >= 0.6 is 0 Å². The fourth-order valence-corrected chi connectivity index (χ4v) is 2.07. The van der Waals surface area contributed by atoms with Crippen LogP contribution in [0.5, 0.6) is 11.5 Å². The number of carbonyl (C=O) groups is 2. The van der Waals surface area contributed by atoms with Gasteiger partial charge in [0.15, 0.2) is 11.5 Å². The molecule has 2 heterocycles. The third kappa shape index (κ3) is 2.66. The molecule has 0 saturated carbocycles. The number of rotatable bonds is 4. The molecule has 0 bridgehead atoms. The molecule has 0 atom stereocenters. The maximum Gasteiger partial charge on any atom is 0.323 e. The molecule has 3 rings (SSSR count). The van der Waals surface area contributed by atoms with Gasteiger partial charge in [0.1, 0.15) is 12.2 Å². The van der Waals surface area contributed by atoms with Gasteiger partial charge in [-0.05, 0) is 24.3 Å². The van der Waals surface area contributed by atoms with Crippen LogP contribution < -0.4 is 14.8 Å². The predicted octanol–water partition coefficient (Wildman–Crippen LogP) is 1.55. The molecule has 1 aromatic heterocycles. The SMILES string of the molecule is O=C(O)Cn1cccc1C(=O)Nc1ccc2c(c1)OCO2. The molecule has 0 radical (unpaired) electrons. The summed E-state index contributed by atoms with van der Waals surface area (Å²) in [6.07, 6.45) is 1.54. The Bertz CT molecular complexity index is 707. The number of hydrogen-bond donors (Lipinski definition) is 2. The first kappa shape index (κ1) is 13.0. The zero-order valence-electron chi connectivity index (χ0n) is 10.9. The molecular formula is C14H12N2O5. The van der Waals surface area contributed by atoms with E-state index in [-0.39, 0.29) is 24.9 Å². The minimum absolute atomic E-state index is 0.161. The second kappa shape index (κ2) is 5.20. The maximum absolute atomic E-state index is 12.2.